The molecule has 0 atom stereocenters. The predicted octanol–water partition coefficient (Wildman–Crippen LogP) is 1.90. The molecule has 1 aliphatic heterocycles. The largest absolute Gasteiger partial charge is 0.497 e. The minimum Gasteiger partial charge on any atom is -0.497 e. The second kappa shape index (κ2) is 10.4. The first-order valence-electron chi connectivity index (χ1n) is 9.53. The first kappa shape index (κ1) is 20.5. The standard InChI is InChI=1S/C20H34N4O2/c1-5-21-19(22-11-10-17-6-8-18(25-4)9-7-17)23-16-20(2,3)24-12-14-26-15-13-24/h6-9H,5,10-16H2,1-4H3,(H2,21,22,23). The van der Waals surface area contributed by atoms with Crippen LogP contribution in [0.2, 0.25) is 0 Å². The van der Waals surface area contributed by atoms with Crippen molar-refractivity contribution in [3.8, 4) is 5.75 Å². The van der Waals surface area contributed by atoms with E-state index in [9.17, 15) is 0 Å². The third-order valence-corrected chi connectivity index (χ3v) is 4.70. The lowest BCUT2D eigenvalue weighted by molar-refractivity contribution is -0.00683. The van der Waals surface area contributed by atoms with E-state index in [2.05, 4.69) is 48.4 Å². The van der Waals surface area contributed by atoms with Crippen LogP contribution < -0.4 is 15.4 Å². The molecule has 6 heteroatoms. The van der Waals surface area contributed by atoms with Crippen LogP contribution in [0, 0.1) is 0 Å². The van der Waals surface area contributed by atoms with Gasteiger partial charge in [-0.3, -0.25) is 9.89 Å². The number of rotatable bonds is 8. The molecule has 1 fully saturated rings. The Morgan fingerprint density at radius 1 is 1.19 bits per heavy atom. The number of morpholine rings is 1. The van der Waals surface area contributed by atoms with E-state index in [-0.39, 0.29) is 5.54 Å². The molecule has 1 aromatic carbocycles. The molecule has 6 nitrogen and oxygen atoms in total. The summed E-state index contributed by atoms with van der Waals surface area (Å²) < 4.78 is 10.7. The fourth-order valence-corrected chi connectivity index (χ4v) is 3.00. The van der Waals surface area contributed by atoms with Crippen LogP contribution in [-0.2, 0) is 11.2 Å². The van der Waals surface area contributed by atoms with E-state index in [1.807, 2.05) is 12.1 Å². The van der Waals surface area contributed by atoms with Crippen LogP contribution in [0.25, 0.3) is 0 Å². The van der Waals surface area contributed by atoms with E-state index in [1.165, 1.54) is 5.56 Å². The summed E-state index contributed by atoms with van der Waals surface area (Å²) in [5, 5.41) is 6.78. The van der Waals surface area contributed by atoms with Gasteiger partial charge in [-0.05, 0) is 44.9 Å². The summed E-state index contributed by atoms with van der Waals surface area (Å²) in [7, 11) is 1.69. The molecule has 0 unspecified atom stereocenters. The van der Waals surface area contributed by atoms with Crippen molar-refractivity contribution in [3.05, 3.63) is 29.8 Å². The van der Waals surface area contributed by atoms with Crippen molar-refractivity contribution in [1.82, 2.24) is 15.5 Å². The SMILES string of the molecule is CCNC(=NCC(C)(C)N1CCOCC1)NCCc1ccc(OC)cc1. The highest BCUT2D eigenvalue weighted by atomic mass is 16.5. The molecule has 146 valence electrons. The van der Waals surface area contributed by atoms with Gasteiger partial charge in [-0.1, -0.05) is 12.1 Å². The zero-order valence-electron chi connectivity index (χ0n) is 16.7. The molecule has 1 heterocycles. The Bertz CT molecular complexity index is 551. The van der Waals surface area contributed by atoms with Gasteiger partial charge in [0.2, 0.25) is 0 Å². The minimum absolute atomic E-state index is 0.0299. The molecular weight excluding hydrogens is 328 g/mol. The molecule has 0 spiro atoms. The average Bonchev–Trinajstić information content (AvgIpc) is 2.67. The molecule has 2 N–H and O–H groups in total. The molecule has 0 saturated carbocycles. The zero-order valence-corrected chi connectivity index (χ0v) is 16.7. The number of guanidine groups is 1. The Kier molecular flexibility index (Phi) is 8.19. The number of nitrogens with one attached hydrogen (secondary N) is 2. The summed E-state index contributed by atoms with van der Waals surface area (Å²) in [5.41, 5.74) is 1.31. The normalized spacial score (nSPS) is 16.4. The summed E-state index contributed by atoms with van der Waals surface area (Å²) in [6, 6.07) is 8.21. The van der Waals surface area contributed by atoms with Gasteiger partial charge < -0.3 is 20.1 Å². The molecule has 0 radical (unpaired) electrons. The van der Waals surface area contributed by atoms with Crippen molar-refractivity contribution in [2.75, 3.05) is 53.0 Å². The second-order valence-electron chi connectivity index (χ2n) is 7.13. The Morgan fingerprint density at radius 3 is 2.50 bits per heavy atom. The van der Waals surface area contributed by atoms with Crippen LogP contribution in [0.3, 0.4) is 0 Å². The van der Waals surface area contributed by atoms with Crippen LogP contribution in [0.5, 0.6) is 5.75 Å². The number of methoxy groups -OCH3 is 1. The number of benzene rings is 1. The van der Waals surface area contributed by atoms with E-state index in [0.717, 1.165) is 64.1 Å². The highest BCUT2D eigenvalue weighted by molar-refractivity contribution is 5.79. The van der Waals surface area contributed by atoms with E-state index >= 15 is 0 Å². The average molecular weight is 363 g/mol. The van der Waals surface area contributed by atoms with Gasteiger partial charge in [0, 0.05) is 31.7 Å². The van der Waals surface area contributed by atoms with Gasteiger partial charge in [0.05, 0.1) is 26.9 Å². The molecule has 2 rings (SSSR count). The number of hydrogen-bond acceptors (Lipinski definition) is 4. The minimum atomic E-state index is 0.0299. The lowest BCUT2D eigenvalue weighted by Crippen LogP contribution is -2.52. The van der Waals surface area contributed by atoms with Crippen molar-refractivity contribution in [1.29, 1.82) is 0 Å². The van der Waals surface area contributed by atoms with Crippen molar-refractivity contribution in [2.45, 2.75) is 32.7 Å². The monoisotopic (exact) mass is 362 g/mol. The molecule has 0 aliphatic carbocycles. The summed E-state index contributed by atoms with van der Waals surface area (Å²) in [4.78, 5) is 7.27. The van der Waals surface area contributed by atoms with Crippen molar-refractivity contribution in [2.24, 2.45) is 4.99 Å². The van der Waals surface area contributed by atoms with Crippen LogP contribution in [0.4, 0.5) is 0 Å². The maximum absolute atomic E-state index is 5.46. The molecule has 1 aliphatic rings. The van der Waals surface area contributed by atoms with Crippen LogP contribution in [-0.4, -0.2) is 69.4 Å². The van der Waals surface area contributed by atoms with E-state index in [4.69, 9.17) is 14.5 Å². The van der Waals surface area contributed by atoms with Gasteiger partial charge in [0.25, 0.3) is 0 Å². The molecular formula is C20H34N4O2. The summed E-state index contributed by atoms with van der Waals surface area (Å²) in [5.74, 6) is 1.77. The molecule has 0 amide bonds. The Morgan fingerprint density at radius 2 is 1.88 bits per heavy atom. The van der Waals surface area contributed by atoms with Gasteiger partial charge in [0.1, 0.15) is 5.75 Å². The first-order valence-corrected chi connectivity index (χ1v) is 9.53. The van der Waals surface area contributed by atoms with Gasteiger partial charge in [0.15, 0.2) is 5.96 Å². The fourth-order valence-electron chi connectivity index (χ4n) is 3.00. The van der Waals surface area contributed by atoms with Crippen LogP contribution in [0.1, 0.15) is 26.3 Å². The summed E-state index contributed by atoms with van der Waals surface area (Å²) >= 11 is 0. The van der Waals surface area contributed by atoms with E-state index < -0.39 is 0 Å². The number of hydrogen-bond donors (Lipinski definition) is 2. The third kappa shape index (κ3) is 6.50. The van der Waals surface area contributed by atoms with Crippen LogP contribution in [0.15, 0.2) is 29.3 Å². The van der Waals surface area contributed by atoms with Gasteiger partial charge >= 0.3 is 0 Å². The third-order valence-electron chi connectivity index (χ3n) is 4.70. The number of aliphatic imine (C=N–C) groups is 1. The van der Waals surface area contributed by atoms with E-state index in [1.54, 1.807) is 7.11 Å². The smallest absolute Gasteiger partial charge is 0.191 e. The first-order chi connectivity index (χ1) is 12.5. The Balaban J connectivity index is 1.84. The maximum atomic E-state index is 5.46. The lowest BCUT2D eigenvalue weighted by atomic mass is 10.0. The highest BCUT2D eigenvalue weighted by Crippen LogP contribution is 2.16. The molecule has 1 saturated heterocycles. The quantitative estimate of drug-likeness (QED) is 0.546. The van der Waals surface area contributed by atoms with Gasteiger partial charge in [-0.2, -0.15) is 0 Å². The van der Waals surface area contributed by atoms with Gasteiger partial charge in [-0.15, -0.1) is 0 Å². The number of ether oxygens (including phenoxy) is 2. The van der Waals surface area contributed by atoms with Crippen LogP contribution >= 0.6 is 0 Å². The topological polar surface area (TPSA) is 58.1 Å². The Labute approximate surface area is 158 Å². The molecule has 0 bridgehead atoms. The Hall–Kier alpha value is -1.79. The predicted molar refractivity (Wildman–Crippen MR) is 107 cm³/mol. The van der Waals surface area contributed by atoms with Crippen molar-refractivity contribution < 1.29 is 9.47 Å². The summed E-state index contributed by atoms with van der Waals surface area (Å²) in [6.07, 6.45) is 0.946. The number of nitrogens with zero attached hydrogens (tertiary/aromatic N) is 2. The second-order valence-corrected chi connectivity index (χ2v) is 7.13. The molecule has 0 aromatic heterocycles. The summed E-state index contributed by atoms with van der Waals surface area (Å²) in [6.45, 7) is 12.6. The van der Waals surface area contributed by atoms with E-state index in [0.29, 0.717) is 0 Å². The van der Waals surface area contributed by atoms with Gasteiger partial charge in [-0.25, -0.2) is 0 Å². The highest BCUT2D eigenvalue weighted by Gasteiger charge is 2.28. The maximum Gasteiger partial charge on any atom is 0.191 e. The zero-order chi connectivity index (χ0) is 18.8. The fraction of sp³-hybridized carbons (Fsp3) is 0.650. The van der Waals surface area contributed by atoms with Crippen molar-refractivity contribution in [3.63, 3.8) is 0 Å². The lowest BCUT2D eigenvalue weighted by Gasteiger charge is -2.39. The molecule has 1 aromatic rings. The van der Waals surface area contributed by atoms with Crippen molar-refractivity contribution >= 4 is 5.96 Å². The molecule has 26 heavy (non-hydrogen) atoms.